The van der Waals surface area contributed by atoms with E-state index >= 15 is 0 Å². The summed E-state index contributed by atoms with van der Waals surface area (Å²) < 4.78 is 5.45. The van der Waals surface area contributed by atoms with Crippen LogP contribution in [0.5, 0.6) is 0 Å². The Morgan fingerprint density at radius 1 is 1.26 bits per heavy atom. The van der Waals surface area contributed by atoms with Gasteiger partial charge in [0.25, 0.3) is 5.91 Å². The standard InChI is InChI=1S/C18H23NO4/c1-11-6-12(2)15(13(3)7-11)16(20)19-8-14-9-23-5-4-18(14,10-19)17(21)22/h6-7,14H,4-5,8-10H2,1-3H3,(H,21,22)/t14-,18+/m0/s1. The van der Waals surface area contributed by atoms with Gasteiger partial charge in [-0.1, -0.05) is 17.7 Å². The van der Waals surface area contributed by atoms with Gasteiger partial charge >= 0.3 is 5.97 Å². The van der Waals surface area contributed by atoms with E-state index in [1.807, 2.05) is 32.9 Å². The van der Waals surface area contributed by atoms with Crippen molar-refractivity contribution in [1.82, 2.24) is 4.90 Å². The first-order valence-corrected chi connectivity index (χ1v) is 8.03. The molecule has 5 nitrogen and oxygen atoms in total. The molecule has 1 N–H and O–H groups in total. The molecule has 2 atom stereocenters. The molecule has 2 heterocycles. The van der Waals surface area contributed by atoms with Crippen molar-refractivity contribution >= 4 is 11.9 Å². The average molecular weight is 317 g/mol. The number of carbonyl (C=O) groups excluding carboxylic acids is 1. The maximum absolute atomic E-state index is 13.0. The molecule has 3 rings (SSSR count). The molecule has 0 aliphatic carbocycles. The molecular weight excluding hydrogens is 294 g/mol. The third-order valence-electron chi connectivity index (χ3n) is 5.31. The van der Waals surface area contributed by atoms with Crippen molar-refractivity contribution in [2.45, 2.75) is 27.2 Å². The van der Waals surface area contributed by atoms with E-state index in [0.29, 0.717) is 31.7 Å². The first kappa shape index (κ1) is 16.0. The van der Waals surface area contributed by atoms with Gasteiger partial charge in [0.05, 0.1) is 12.0 Å². The Hall–Kier alpha value is -1.88. The number of likely N-dealkylation sites (tertiary alicyclic amines) is 1. The molecule has 23 heavy (non-hydrogen) atoms. The number of amides is 1. The summed E-state index contributed by atoms with van der Waals surface area (Å²) in [5.41, 5.74) is 2.88. The monoisotopic (exact) mass is 317 g/mol. The van der Waals surface area contributed by atoms with Gasteiger partial charge in [-0.05, 0) is 38.3 Å². The van der Waals surface area contributed by atoms with Crippen molar-refractivity contribution in [3.8, 4) is 0 Å². The Morgan fingerprint density at radius 3 is 2.48 bits per heavy atom. The summed E-state index contributed by atoms with van der Waals surface area (Å²) in [5.74, 6) is -0.989. The van der Waals surface area contributed by atoms with Gasteiger partial charge in [0.1, 0.15) is 0 Å². The van der Waals surface area contributed by atoms with Crippen LogP contribution in [0.1, 0.15) is 33.5 Å². The van der Waals surface area contributed by atoms with Crippen molar-refractivity contribution in [2.24, 2.45) is 11.3 Å². The van der Waals surface area contributed by atoms with Crippen molar-refractivity contribution in [3.63, 3.8) is 0 Å². The average Bonchev–Trinajstić information content (AvgIpc) is 2.87. The Bertz CT molecular complexity index is 646. The van der Waals surface area contributed by atoms with Crippen LogP contribution in [0.4, 0.5) is 0 Å². The fourth-order valence-corrected chi connectivity index (χ4v) is 4.13. The SMILES string of the molecule is Cc1cc(C)c(C(=O)N2C[C@H]3COCC[C@@]3(C(=O)O)C2)c(C)c1. The van der Waals surface area contributed by atoms with Crippen molar-refractivity contribution in [2.75, 3.05) is 26.3 Å². The molecule has 0 saturated carbocycles. The van der Waals surface area contributed by atoms with Crippen LogP contribution in [-0.2, 0) is 9.53 Å². The zero-order chi connectivity index (χ0) is 16.8. The Morgan fingerprint density at radius 2 is 1.91 bits per heavy atom. The van der Waals surface area contributed by atoms with Crippen LogP contribution in [0.15, 0.2) is 12.1 Å². The van der Waals surface area contributed by atoms with Crippen LogP contribution >= 0.6 is 0 Å². The summed E-state index contributed by atoms with van der Waals surface area (Å²) in [6, 6.07) is 4.00. The Labute approximate surface area is 136 Å². The van der Waals surface area contributed by atoms with Crippen LogP contribution < -0.4 is 0 Å². The van der Waals surface area contributed by atoms with Crippen LogP contribution in [-0.4, -0.2) is 48.2 Å². The molecule has 1 aromatic rings. The first-order chi connectivity index (χ1) is 10.8. The van der Waals surface area contributed by atoms with Gasteiger partial charge < -0.3 is 14.7 Å². The van der Waals surface area contributed by atoms with Gasteiger partial charge in [-0.3, -0.25) is 9.59 Å². The minimum Gasteiger partial charge on any atom is -0.481 e. The second-order valence-electron chi connectivity index (χ2n) is 6.94. The van der Waals surface area contributed by atoms with Gasteiger partial charge in [-0.25, -0.2) is 0 Å². The predicted molar refractivity (Wildman–Crippen MR) is 85.6 cm³/mol. The number of carboxylic acids is 1. The van der Waals surface area contributed by atoms with Crippen molar-refractivity contribution in [3.05, 3.63) is 34.4 Å². The smallest absolute Gasteiger partial charge is 0.311 e. The molecule has 0 radical (unpaired) electrons. The molecule has 1 amide bonds. The fourth-order valence-electron chi connectivity index (χ4n) is 4.13. The summed E-state index contributed by atoms with van der Waals surface area (Å²) in [5, 5.41) is 9.72. The summed E-state index contributed by atoms with van der Waals surface area (Å²) in [7, 11) is 0. The molecule has 0 aromatic heterocycles. The Kier molecular flexibility index (Phi) is 3.92. The quantitative estimate of drug-likeness (QED) is 0.908. The van der Waals surface area contributed by atoms with Crippen molar-refractivity contribution in [1.29, 1.82) is 0 Å². The fraction of sp³-hybridized carbons (Fsp3) is 0.556. The highest BCUT2D eigenvalue weighted by molar-refractivity contribution is 5.98. The number of ether oxygens (including phenoxy) is 1. The Balaban J connectivity index is 1.92. The number of hydrogen-bond acceptors (Lipinski definition) is 3. The molecule has 2 aliphatic rings. The third-order valence-corrected chi connectivity index (χ3v) is 5.31. The van der Waals surface area contributed by atoms with E-state index in [2.05, 4.69) is 0 Å². The van der Waals surface area contributed by atoms with Crippen LogP contribution in [0.25, 0.3) is 0 Å². The number of benzene rings is 1. The number of fused-ring (bicyclic) bond motifs is 1. The topological polar surface area (TPSA) is 66.8 Å². The molecule has 2 aliphatic heterocycles. The van der Waals surface area contributed by atoms with E-state index in [1.54, 1.807) is 4.90 Å². The zero-order valence-corrected chi connectivity index (χ0v) is 13.9. The van der Waals surface area contributed by atoms with E-state index in [1.165, 1.54) is 0 Å². The molecular formula is C18H23NO4. The summed E-state index contributed by atoms with van der Waals surface area (Å²) in [4.78, 5) is 26.6. The third kappa shape index (κ3) is 2.53. The molecule has 124 valence electrons. The van der Waals surface area contributed by atoms with Gasteiger partial charge in [0.15, 0.2) is 0 Å². The lowest BCUT2D eigenvalue weighted by molar-refractivity contribution is -0.157. The number of rotatable bonds is 2. The summed E-state index contributed by atoms with van der Waals surface area (Å²) in [6.07, 6.45) is 0.475. The maximum Gasteiger partial charge on any atom is 0.311 e. The lowest BCUT2D eigenvalue weighted by atomic mass is 9.74. The normalized spacial score (nSPS) is 26.9. The van der Waals surface area contributed by atoms with Gasteiger partial charge in [-0.15, -0.1) is 0 Å². The molecule has 0 bridgehead atoms. The van der Waals surface area contributed by atoms with Gasteiger partial charge in [0, 0.05) is 31.2 Å². The lowest BCUT2D eigenvalue weighted by Gasteiger charge is -2.33. The van der Waals surface area contributed by atoms with E-state index in [9.17, 15) is 14.7 Å². The van der Waals surface area contributed by atoms with E-state index in [-0.39, 0.29) is 18.4 Å². The highest BCUT2D eigenvalue weighted by atomic mass is 16.5. The second kappa shape index (κ2) is 5.64. The number of aliphatic carboxylic acids is 1. The number of carbonyl (C=O) groups is 2. The van der Waals surface area contributed by atoms with Gasteiger partial charge in [-0.2, -0.15) is 0 Å². The first-order valence-electron chi connectivity index (χ1n) is 8.03. The van der Waals surface area contributed by atoms with Crippen LogP contribution in [0.3, 0.4) is 0 Å². The van der Waals surface area contributed by atoms with E-state index in [4.69, 9.17) is 4.74 Å². The lowest BCUT2D eigenvalue weighted by Crippen LogP contribution is -2.45. The highest BCUT2D eigenvalue weighted by Crippen LogP contribution is 2.43. The molecule has 2 saturated heterocycles. The van der Waals surface area contributed by atoms with Gasteiger partial charge in [0.2, 0.25) is 0 Å². The number of aryl methyl sites for hydroxylation is 3. The summed E-state index contributed by atoms with van der Waals surface area (Å²) in [6.45, 7) is 7.49. The number of nitrogens with zero attached hydrogens (tertiary/aromatic N) is 1. The molecule has 5 heteroatoms. The molecule has 0 spiro atoms. The maximum atomic E-state index is 13.0. The minimum absolute atomic E-state index is 0.0602. The van der Waals surface area contributed by atoms with E-state index < -0.39 is 11.4 Å². The molecule has 0 unspecified atom stereocenters. The highest BCUT2D eigenvalue weighted by Gasteiger charge is 2.55. The number of carboxylic acid groups (broad SMARTS) is 1. The summed E-state index contributed by atoms with van der Waals surface area (Å²) >= 11 is 0. The van der Waals surface area contributed by atoms with Crippen LogP contribution in [0.2, 0.25) is 0 Å². The van der Waals surface area contributed by atoms with Crippen LogP contribution in [0, 0.1) is 32.1 Å². The van der Waals surface area contributed by atoms with Crippen molar-refractivity contribution < 1.29 is 19.4 Å². The second-order valence-corrected chi connectivity index (χ2v) is 6.94. The van der Waals surface area contributed by atoms with E-state index in [0.717, 1.165) is 16.7 Å². The largest absolute Gasteiger partial charge is 0.481 e. The molecule has 1 aromatic carbocycles. The number of hydrogen-bond donors (Lipinski definition) is 1. The zero-order valence-electron chi connectivity index (χ0n) is 13.9. The predicted octanol–water partition coefficient (Wildman–Crippen LogP) is 2.18. The minimum atomic E-state index is -0.847. The molecule has 2 fully saturated rings.